The number of hydrogen-bond acceptors (Lipinski definition) is 4. The molecule has 0 aromatic heterocycles. The summed E-state index contributed by atoms with van der Waals surface area (Å²) in [6.07, 6.45) is 5.18. The summed E-state index contributed by atoms with van der Waals surface area (Å²) in [5.74, 6) is -0.428. The van der Waals surface area contributed by atoms with E-state index in [4.69, 9.17) is 0 Å². The number of nitrogens with one attached hydrogen (secondary N) is 2. The summed E-state index contributed by atoms with van der Waals surface area (Å²) in [5.41, 5.74) is 0. The van der Waals surface area contributed by atoms with Crippen LogP contribution >= 0.6 is 11.8 Å². The number of amides is 2. The van der Waals surface area contributed by atoms with Crippen molar-refractivity contribution in [3.8, 4) is 0 Å². The van der Waals surface area contributed by atoms with Gasteiger partial charge in [0.05, 0.1) is 5.37 Å². The molecule has 0 radical (unpaired) electrons. The quantitative estimate of drug-likeness (QED) is 0.591. The van der Waals surface area contributed by atoms with E-state index in [-0.39, 0.29) is 11.4 Å². The van der Waals surface area contributed by atoms with Crippen LogP contribution in [-0.4, -0.2) is 58.3 Å². The third kappa shape index (κ3) is 4.78. The van der Waals surface area contributed by atoms with E-state index in [2.05, 4.69) is 10.6 Å². The van der Waals surface area contributed by atoms with Gasteiger partial charge in [-0.05, 0) is 32.2 Å². The van der Waals surface area contributed by atoms with E-state index in [0.29, 0.717) is 18.3 Å². The van der Waals surface area contributed by atoms with Crippen molar-refractivity contribution in [3.05, 3.63) is 0 Å². The first kappa shape index (κ1) is 16.4. The lowest BCUT2D eigenvalue weighted by molar-refractivity contribution is -0.141. The molecule has 2 atom stereocenters. The van der Waals surface area contributed by atoms with Crippen LogP contribution in [-0.2, 0) is 4.79 Å². The molecule has 2 amide bonds. The van der Waals surface area contributed by atoms with Gasteiger partial charge in [-0.15, -0.1) is 11.8 Å². The average Bonchev–Trinajstić information content (AvgIpc) is 3.17. The van der Waals surface area contributed by atoms with E-state index in [1.807, 2.05) is 6.92 Å². The molecular weight excluding hydrogens is 290 g/mol. The van der Waals surface area contributed by atoms with E-state index >= 15 is 0 Å². The molecule has 0 spiro atoms. The molecule has 1 saturated heterocycles. The molecule has 7 heteroatoms. The number of carbonyl (C=O) groups excluding carboxylic acids is 1. The van der Waals surface area contributed by atoms with Gasteiger partial charge < -0.3 is 15.7 Å². The average molecular weight is 315 g/mol. The number of urea groups is 1. The molecule has 1 heterocycles. The standard InChI is InChI=1S/C14H25N3O3S/c1-2-4-12-17(11(9-21-12)13(18)19)14(20)16-8-3-7-15-10-5-6-10/h10-12,15H,2-9H2,1H3,(H,16,20)(H,18,19). The van der Waals surface area contributed by atoms with Gasteiger partial charge in [-0.25, -0.2) is 9.59 Å². The van der Waals surface area contributed by atoms with Gasteiger partial charge in [0.25, 0.3) is 0 Å². The summed E-state index contributed by atoms with van der Waals surface area (Å²) >= 11 is 1.57. The van der Waals surface area contributed by atoms with E-state index in [0.717, 1.165) is 25.8 Å². The molecule has 3 N–H and O–H groups in total. The topological polar surface area (TPSA) is 81.7 Å². The van der Waals surface area contributed by atoms with Crippen LogP contribution in [0.3, 0.4) is 0 Å². The molecule has 1 aliphatic carbocycles. The number of rotatable bonds is 8. The zero-order chi connectivity index (χ0) is 15.2. The van der Waals surface area contributed by atoms with Crippen molar-refractivity contribution in [1.29, 1.82) is 0 Å². The van der Waals surface area contributed by atoms with Crippen molar-refractivity contribution in [3.63, 3.8) is 0 Å². The minimum Gasteiger partial charge on any atom is -0.480 e. The number of hydrogen-bond donors (Lipinski definition) is 3. The Labute approximate surface area is 130 Å². The Morgan fingerprint density at radius 3 is 2.71 bits per heavy atom. The molecule has 21 heavy (non-hydrogen) atoms. The molecule has 2 fully saturated rings. The van der Waals surface area contributed by atoms with Crippen LogP contribution < -0.4 is 10.6 Å². The molecule has 120 valence electrons. The second kappa shape index (κ2) is 7.89. The van der Waals surface area contributed by atoms with Gasteiger partial charge in [-0.3, -0.25) is 4.90 Å². The summed E-state index contributed by atoms with van der Waals surface area (Å²) in [5, 5.41) is 15.5. The van der Waals surface area contributed by atoms with Crippen LogP contribution in [0.4, 0.5) is 4.79 Å². The highest BCUT2D eigenvalue weighted by atomic mass is 32.2. The largest absolute Gasteiger partial charge is 0.480 e. The van der Waals surface area contributed by atoms with Crippen molar-refractivity contribution in [2.75, 3.05) is 18.8 Å². The van der Waals surface area contributed by atoms with Crippen LogP contribution in [0.5, 0.6) is 0 Å². The highest BCUT2D eigenvalue weighted by Crippen LogP contribution is 2.32. The van der Waals surface area contributed by atoms with Gasteiger partial charge >= 0.3 is 12.0 Å². The second-order valence-electron chi connectivity index (χ2n) is 5.65. The van der Waals surface area contributed by atoms with E-state index < -0.39 is 12.0 Å². The van der Waals surface area contributed by atoms with E-state index in [1.165, 1.54) is 17.7 Å². The Hall–Kier alpha value is -0.950. The first-order valence-corrected chi connectivity index (χ1v) is 8.82. The summed E-state index contributed by atoms with van der Waals surface area (Å²) in [4.78, 5) is 25.1. The fourth-order valence-corrected chi connectivity index (χ4v) is 3.98. The Kier molecular flexibility index (Phi) is 6.17. The van der Waals surface area contributed by atoms with Crippen LogP contribution in [0.1, 0.15) is 39.0 Å². The molecule has 0 aromatic carbocycles. The zero-order valence-electron chi connectivity index (χ0n) is 12.5. The molecule has 6 nitrogen and oxygen atoms in total. The summed E-state index contributed by atoms with van der Waals surface area (Å²) in [7, 11) is 0. The normalized spacial score (nSPS) is 25.1. The number of carboxylic acids is 1. The first-order chi connectivity index (χ1) is 10.1. The number of carbonyl (C=O) groups is 2. The minimum absolute atomic E-state index is 0.0133. The molecular formula is C14H25N3O3S. The predicted octanol–water partition coefficient (Wildman–Crippen LogP) is 1.47. The van der Waals surface area contributed by atoms with Gasteiger partial charge in [-0.2, -0.15) is 0 Å². The summed E-state index contributed by atoms with van der Waals surface area (Å²) < 4.78 is 0. The monoisotopic (exact) mass is 315 g/mol. The van der Waals surface area contributed by atoms with E-state index in [1.54, 1.807) is 11.8 Å². The Balaban J connectivity index is 1.76. The van der Waals surface area contributed by atoms with Crippen molar-refractivity contribution in [2.24, 2.45) is 0 Å². The molecule has 0 aromatic rings. The fraction of sp³-hybridized carbons (Fsp3) is 0.857. The third-order valence-corrected chi connectivity index (χ3v) is 5.14. The highest BCUT2D eigenvalue weighted by Gasteiger charge is 2.41. The lowest BCUT2D eigenvalue weighted by atomic mass is 10.2. The van der Waals surface area contributed by atoms with Crippen LogP contribution in [0.15, 0.2) is 0 Å². The molecule has 2 aliphatic rings. The molecule has 1 saturated carbocycles. The SMILES string of the molecule is CCCC1SCC(C(=O)O)N1C(=O)NCCCNC1CC1. The predicted molar refractivity (Wildman–Crippen MR) is 83.5 cm³/mol. The van der Waals surface area contributed by atoms with Gasteiger partial charge in [0, 0.05) is 18.3 Å². The van der Waals surface area contributed by atoms with Crippen molar-refractivity contribution < 1.29 is 14.7 Å². The number of carboxylic acid groups (broad SMARTS) is 1. The minimum atomic E-state index is -0.911. The van der Waals surface area contributed by atoms with Gasteiger partial charge in [0.2, 0.25) is 0 Å². The number of aliphatic carboxylic acids is 1. The maximum Gasteiger partial charge on any atom is 0.327 e. The Morgan fingerprint density at radius 1 is 1.33 bits per heavy atom. The highest BCUT2D eigenvalue weighted by molar-refractivity contribution is 8.00. The fourth-order valence-electron chi connectivity index (χ4n) is 2.46. The number of thioether (sulfide) groups is 1. The Morgan fingerprint density at radius 2 is 2.10 bits per heavy atom. The van der Waals surface area contributed by atoms with Gasteiger partial charge in [0.1, 0.15) is 6.04 Å². The first-order valence-electron chi connectivity index (χ1n) is 7.77. The number of nitrogens with zero attached hydrogens (tertiary/aromatic N) is 1. The maximum absolute atomic E-state index is 12.3. The van der Waals surface area contributed by atoms with Crippen molar-refractivity contribution in [2.45, 2.75) is 56.5 Å². The van der Waals surface area contributed by atoms with Crippen LogP contribution in [0.25, 0.3) is 0 Å². The van der Waals surface area contributed by atoms with Crippen LogP contribution in [0, 0.1) is 0 Å². The summed E-state index contributed by atoms with van der Waals surface area (Å²) in [6.45, 7) is 3.54. The lowest BCUT2D eigenvalue weighted by Crippen LogP contribution is -2.50. The van der Waals surface area contributed by atoms with Crippen molar-refractivity contribution >= 4 is 23.8 Å². The smallest absolute Gasteiger partial charge is 0.327 e. The van der Waals surface area contributed by atoms with Crippen molar-refractivity contribution in [1.82, 2.24) is 15.5 Å². The van der Waals surface area contributed by atoms with Gasteiger partial charge in [0.15, 0.2) is 0 Å². The third-order valence-electron chi connectivity index (χ3n) is 3.79. The summed E-state index contributed by atoms with van der Waals surface area (Å²) in [6, 6.07) is -0.255. The molecule has 2 rings (SSSR count). The van der Waals surface area contributed by atoms with Gasteiger partial charge in [-0.1, -0.05) is 13.3 Å². The second-order valence-corrected chi connectivity index (χ2v) is 6.86. The molecule has 1 aliphatic heterocycles. The molecule has 0 bridgehead atoms. The zero-order valence-corrected chi connectivity index (χ0v) is 13.3. The molecule has 2 unspecified atom stereocenters. The Bertz CT molecular complexity index is 376. The lowest BCUT2D eigenvalue weighted by Gasteiger charge is -2.27. The maximum atomic E-state index is 12.3. The van der Waals surface area contributed by atoms with Crippen LogP contribution in [0.2, 0.25) is 0 Å². The van der Waals surface area contributed by atoms with E-state index in [9.17, 15) is 14.7 Å².